The molecule has 1 aromatic heterocycles. The lowest BCUT2D eigenvalue weighted by molar-refractivity contribution is -0.176. The second-order valence-corrected chi connectivity index (χ2v) is 11.2. The number of Topliss-reactive ketones (excluding diaryl/α,β-unsaturated/α-hetero) is 1. The molecule has 0 saturated carbocycles. The van der Waals surface area contributed by atoms with Crippen LogP contribution in [0.15, 0.2) is 52.9 Å². The smallest absolute Gasteiger partial charge is 0.327 e. The molecule has 1 saturated heterocycles. The van der Waals surface area contributed by atoms with Crippen molar-refractivity contribution < 1.29 is 14.3 Å². The van der Waals surface area contributed by atoms with Crippen molar-refractivity contribution in [1.29, 1.82) is 0 Å². The lowest BCUT2D eigenvalue weighted by Gasteiger charge is -2.41. The molecule has 6 heteroatoms. The monoisotopic (exact) mass is 467 g/mol. The molecule has 0 amide bonds. The zero-order valence-corrected chi connectivity index (χ0v) is 20.6. The Hall–Kier alpha value is -2.18. The Labute approximate surface area is 197 Å². The maximum absolute atomic E-state index is 13.3. The molecule has 0 spiro atoms. The standard InChI is InChI=1S/C26H29NO3S2/c1-16(2)19-12-20-23(31-15-27-20)13-22(19)32-24-21(28)14-26(17(3)4,30-25(24)29)11-10-18-8-6-5-7-9-18/h5-9,12-13,15-17,24H,10-11,14H2,1-4H3/t24?,26-/m0/s1. The fraction of sp³-hybridized carbons (Fsp3) is 0.423. The molecule has 4 nitrogen and oxygen atoms in total. The molecule has 32 heavy (non-hydrogen) atoms. The lowest BCUT2D eigenvalue weighted by Crippen LogP contribution is -2.52. The molecule has 3 aromatic rings. The van der Waals surface area contributed by atoms with Gasteiger partial charge in [-0.2, -0.15) is 0 Å². The Kier molecular flexibility index (Phi) is 6.72. The van der Waals surface area contributed by atoms with E-state index in [1.54, 1.807) is 11.3 Å². The summed E-state index contributed by atoms with van der Waals surface area (Å²) < 4.78 is 7.16. The number of rotatable bonds is 7. The van der Waals surface area contributed by atoms with E-state index in [1.165, 1.54) is 17.3 Å². The van der Waals surface area contributed by atoms with Crippen molar-refractivity contribution in [3.05, 3.63) is 59.1 Å². The number of cyclic esters (lactones) is 1. The molecule has 2 heterocycles. The predicted molar refractivity (Wildman–Crippen MR) is 131 cm³/mol. The maximum Gasteiger partial charge on any atom is 0.327 e. The van der Waals surface area contributed by atoms with E-state index >= 15 is 0 Å². The van der Waals surface area contributed by atoms with E-state index in [4.69, 9.17) is 4.74 Å². The second-order valence-electron chi connectivity index (χ2n) is 9.13. The summed E-state index contributed by atoms with van der Waals surface area (Å²) >= 11 is 2.90. The molecule has 0 radical (unpaired) electrons. The Balaban J connectivity index is 1.56. The molecule has 0 bridgehead atoms. The van der Waals surface area contributed by atoms with E-state index in [0.29, 0.717) is 6.42 Å². The minimum atomic E-state index is -0.818. The van der Waals surface area contributed by atoms with Crippen molar-refractivity contribution in [1.82, 2.24) is 4.98 Å². The first kappa shape index (κ1) is 23.0. The van der Waals surface area contributed by atoms with Crippen LogP contribution in [0.4, 0.5) is 0 Å². The van der Waals surface area contributed by atoms with Gasteiger partial charge in [0, 0.05) is 11.3 Å². The highest BCUT2D eigenvalue weighted by molar-refractivity contribution is 8.01. The first-order valence-electron chi connectivity index (χ1n) is 11.1. The first-order chi connectivity index (χ1) is 15.3. The first-order valence-corrected chi connectivity index (χ1v) is 12.9. The van der Waals surface area contributed by atoms with Gasteiger partial charge < -0.3 is 4.74 Å². The Morgan fingerprint density at radius 3 is 2.56 bits per heavy atom. The molecule has 4 rings (SSSR count). The van der Waals surface area contributed by atoms with Crippen LogP contribution in [-0.4, -0.2) is 27.6 Å². The number of fused-ring (bicyclic) bond motifs is 1. The third kappa shape index (κ3) is 4.62. The summed E-state index contributed by atoms with van der Waals surface area (Å²) in [7, 11) is 0. The summed E-state index contributed by atoms with van der Waals surface area (Å²) in [5.41, 5.74) is 4.34. The van der Waals surface area contributed by atoms with Gasteiger partial charge in [0.25, 0.3) is 0 Å². The quantitative estimate of drug-likeness (QED) is 0.296. The van der Waals surface area contributed by atoms with Crippen molar-refractivity contribution in [2.45, 2.75) is 68.6 Å². The van der Waals surface area contributed by atoms with Crippen LogP contribution in [0.2, 0.25) is 0 Å². The fourth-order valence-corrected chi connectivity index (χ4v) is 6.26. The number of thiazole rings is 1. The van der Waals surface area contributed by atoms with Crippen molar-refractivity contribution in [2.75, 3.05) is 0 Å². The molecular weight excluding hydrogens is 438 g/mol. The summed E-state index contributed by atoms with van der Waals surface area (Å²) in [6.07, 6.45) is 1.69. The Bertz CT molecular complexity index is 1100. The highest BCUT2D eigenvalue weighted by Crippen LogP contribution is 2.42. The van der Waals surface area contributed by atoms with Gasteiger partial charge in [-0.1, -0.05) is 58.0 Å². The second kappa shape index (κ2) is 9.36. The number of aryl methyl sites for hydroxylation is 1. The van der Waals surface area contributed by atoms with Gasteiger partial charge in [0.1, 0.15) is 5.60 Å². The fourth-order valence-electron chi connectivity index (χ4n) is 4.25. The summed E-state index contributed by atoms with van der Waals surface area (Å²) in [5, 5.41) is -0.818. The number of nitrogens with zero attached hydrogens (tertiary/aromatic N) is 1. The van der Waals surface area contributed by atoms with E-state index in [9.17, 15) is 9.59 Å². The molecule has 1 fully saturated rings. The Morgan fingerprint density at radius 2 is 1.91 bits per heavy atom. The van der Waals surface area contributed by atoms with E-state index in [-0.39, 0.29) is 24.0 Å². The number of thioether (sulfide) groups is 1. The van der Waals surface area contributed by atoms with Gasteiger partial charge in [0.15, 0.2) is 11.0 Å². The van der Waals surface area contributed by atoms with Gasteiger partial charge in [-0.05, 0) is 47.9 Å². The largest absolute Gasteiger partial charge is 0.457 e. The molecule has 1 unspecified atom stereocenters. The molecular formula is C26H29NO3S2. The number of benzene rings is 2. The number of hydrogen-bond acceptors (Lipinski definition) is 6. The van der Waals surface area contributed by atoms with Crippen LogP contribution in [0.3, 0.4) is 0 Å². The van der Waals surface area contributed by atoms with E-state index in [0.717, 1.165) is 27.1 Å². The Morgan fingerprint density at radius 1 is 1.16 bits per heavy atom. The van der Waals surface area contributed by atoms with Crippen molar-refractivity contribution in [2.24, 2.45) is 5.92 Å². The topological polar surface area (TPSA) is 56.3 Å². The van der Waals surface area contributed by atoms with E-state index in [2.05, 4.69) is 43.1 Å². The third-order valence-corrected chi connectivity index (χ3v) is 8.44. The highest BCUT2D eigenvalue weighted by Gasteiger charge is 2.49. The van der Waals surface area contributed by atoms with Crippen molar-refractivity contribution in [3.63, 3.8) is 0 Å². The number of ketones is 1. The normalized spacial score (nSPS) is 21.5. The molecule has 1 aliphatic heterocycles. The van der Waals surface area contributed by atoms with Gasteiger partial charge in [-0.3, -0.25) is 9.59 Å². The van der Waals surface area contributed by atoms with Crippen molar-refractivity contribution >= 4 is 45.1 Å². The molecule has 1 aliphatic rings. The summed E-state index contributed by atoms with van der Waals surface area (Å²) in [4.78, 5) is 31.8. The van der Waals surface area contributed by atoms with Gasteiger partial charge in [0.05, 0.1) is 15.7 Å². The van der Waals surface area contributed by atoms with E-state index < -0.39 is 16.8 Å². The van der Waals surface area contributed by atoms with Gasteiger partial charge in [-0.25, -0.2) is 4.98 Å². The number of aromatic nitrogens is 1. The molecule has 168 valence electrons. The molecule has 2 atom stereocenters. The lowest BCUT2D eigenvalue weighted by atomic mass is 9.78. The highest BCUT2D eigenvalue weighted by atomic mass is 32.2. The number of esters is 1. The third-order valence-electron chi connectivity index (χ3n) is 6.35. The number of hydrogen-bond donors (Lipinski definition) is 0. The number of ether oxygens (including phenoxy) is 1. The summed E-state index contributed by atoms with van der Waals surface area (Å²) in [6.45, 7) is 8.30. The van der Waals surface area contributed by atoms with E-state index in [1.807, 2.05) is 37.6 Å². The van der Waals surface area contributed by atoms with Crippen LogP contribution >= 0.6 is 23.1 Å². The summed E-state index contributed by atoms with van der Waals surface area (Å²) in [6, 6.07) is 14.3. The van der Waals surface area contributed by atoms with Gasteiger partial charge >= 0.3 is 5.97 Å². The van der Waals surface area contributed by atoms with Crippen LogP contribution in [0.1, 0.15) is 57.6 Å². The number of carbonyl (C=O) groups excluding carboxylic acids is 2. The average Bonchev–Trinajstić information content (AvgIpc) is 3.22. The zero-order valence-electron chi connectivity index (χ0n) is 19.0. The van der Waals surface area contributed by atoms with Crippen LogP contribution in [0, 0.1) is 5.92 Å². The number of carbonyl (C=O) groups is 2. The molecule has 2 aromatic carbocycles. The maximum atomic E-state index is 13.3. The van der Waals surface area contributed by atoms with Crippen LogP contribution in [0.25, 0.3) is 10.2 Å². The summed E-state index contributed by atoms with van der Waals surface area (Å²) in [5.74, 6) is -0.122. The van der Waals surface area contributed by atoms with Crippen LogP contribution in [-0.2, 0) is 20.7 Å². The van der Waals surface area contributed by atoms with Crippen molar-refractivity contribution in [3.8, 4) is 0 Å². The molecule has 0 aliphatic carbocycles. The zero-order chi connectivity index (χ0) is 22.9. The van der Waals surface area contributed by atoms with Crippen LogP contribution < -0.4 is 0 Å². The predicted octanol–water partition coefficient (Wildman–Crippen LogP) is 6.42. The minimum absolute atomic E-state index is 0.0351. The SMILES string of the molecule is CC(C)c1cc2ncsc2cc1SC1C(=O)C[C@@](CCc2ccccc2)(C(C)C)OC1=O. The van der Waals surface area contributed by atoms with Crippen LogP contribution in [0.5, 0.6) is 0 Å². The van der Waals surface area contributed by atoms with Gasteiger partial charge in [0.2, 0.25) is 0 Å². The minimum Gasteiger partial charge on any atom is -0.457 e. The average molecular weight is 468 g/mol. The van der Waals surface area contributed by atoms with Gasteiger partial charge in [-0.15, -0.1) is 23.1 Å². The molecule has 0 N–H and O–H groups in total.